The van der Waals surface area contributed by atoms with Crippen LogP contribution in [-0.2, 0) is 6.61 Å². The van der Waals surface area contributed by atoms with Crippen molar-refractivity contribution in [1.82, 2.24) is 9.66 Å². The lowest BCUT2D eigenvalue weighted by Crippen LogP contribution is -2.23. The van der Waals surface area contributed by atoms with E-state index in [1.807, 2.05) is 32.9 Å². The quantitative estimate of drug-likeness (QED) is 0.185. The monoisotopic (exact) mass is 655 g/mol. The van der Waals surface area contributed by atoms with Gasteiger partial charge in [0.1, 0.15) is 12.4 Å². The standard InChI is InChI=1S/C29H27Br2N3O5/c1-4-17(3)27-33-24-10-9-21(30)13-22(24)28(35)34(27)32-15-20-12-25(38-5-2)26(14-23(20)31)39-16-18-7-6-8-19(11-18)29(36)37/h6-15,17H,4-5,16H2,1-3H3,(H,36,37)/t17-/m0/s1. The minimum absolute atomic E-state index is 0.0146. The summed E-state index contributed by atoms with van der Waals surface area (Å²) in [5, 5.41) is 14.3. The molecule has 1 N–H and O–H groups in total. The first kappa shape index (κ1) is 28.5. The van der Waals surface area contributed by atoms with E-state index in [2.05, 4.69) is 37.0 Å². The SMILES string of the molecule is CCOc1cc(C=Nn2c([C@@H](C)CC)nc3ccc(Br)cc3c2=O)c(Br)cc1OCc1cccc(C(=O)O)c1. The molecular weight excluding hydrogens is 630 g/mol. The summed E-state index contributed by atoms with van der Waals surface area (Å²) in [6.45, 7) is 6.49. The van der Waals surface area contributed by atoms with Crippen molar-refractivity contribution >= 4 is 54.9 Å². The molecule has 4 rings (SSSR count). The van der Waals surface area contributed by atoms with E-state index < -0.39 is 5.97 Å². The first-order valence-electron chi connectivity index (χ1n) is 12.4. The Morgan fingerprint density at radius 3 is 2.59 bits per heavy atom. The molecule has 8 nitrogen and oxygen atoms in total. The van der Waals surface area contributed by atoms with Gasteiger partial charge in [-0.3, -0.25) is 4.79 Å². The third-order valence-electron chi connectivity index (χ3n) is 6.13. The first-order chi connectivity index (χ1) is 18.7. The van der Waals surface area contributed by atoms with Gasteiger partial charge in [-0.25, -0.2) is 9.78 Å². The summed E-state index contributed by atoms with van der Waals surface area (Å²) in [5.74, 6) is 0.574. The normalized spacial score (nSPS) is 12.1. The summed E-state index contributed by atoms with van der Waals surface area (Å²) in [4.78, 5) is 29.5. The van der Waals surface area contributed by atoms with Crippen LogP contribution in [0.4, 0.5) is 0 Å². The second-order valence-corrected chi connectivity index (χ2v) is 10.6. The molecule has 1 aromatic heterocycles. The molecule has 0 aliphatic carbocycles. The molecule has 0 aliphatic heterocycles. The maximum atomic E-state index is 13.4. The van der Waals surface area contributed by atoms with Crippen LogP contribution in [0.1, 0.15) is 60.4 Å². The Morgan fingerprint density at radius 2 is 1.87 bits per heavy atom. The third-order valence-corrected chi connectivity index (χ3v) is 7.31. The van der Waals surface area contributed by atoms with Crippen molar-refractivity contribution in [2.75, 3.05) is 6.61 Å². The predicted octanol–water partition coefficient (Wildman–Crippen LogP) is 6.99. The largest absolute Gasteiger partial charge is 0.490 e. The topological polar surface area (TPSA) is 103 Å². The van der Waals surface area contributed by atoms with Crippen LogP contribution in [0.2, 0.25) is 0 Å². The lowest BCUT2D eigenvalue weighted by atomic mass is 10.1. The van der Waals surface area contributed by atoms with Gasteiger partial charge in [0.15, 0.2) is 11.5 Å². The summed E-state index contributed by atoms with van der Waals surface area (Å²) in [6.07, 6.45) is 2.38. The van der Waals surface area contributed by atoms with Crippen LogP contribution in [0.5, 0.6) is 11.5 Å². The van der Waals surface area contributed by atoms with Gasteiger partial charge in [-0.1, -0.05) is 41.9 Å². The number of nitrogens with zero attached hydrogens (tertiary/aromatic N) is 3. The number of benzene rings is 3. The molecular formula is C29H27Br2N3O5. The van der Waals surface area contributed by atoms with Crippen molar-refractivity contribution in [3.63, 3.8) is 0 Å². The van der Waals surface area contributed by atoms with Crippen LogP contribution in [0.25, 0.3) is 10.9 Å². The number of halogens is 2. The van der Waals surface area contributed by atoms with Gasteiger partial charge in [0.25, 0.3) is 5.56 Å². The van der Waals surface area contributed by atoms with E-state index in [0.717, 1.165) is 10.9 Å². The minimum atomic E-state index is -0.997. The lowest BCUT2D eigenvalue weighted by Gasteiger charge is -2.15. The van der Waals surface area contributed by atoms with Gasteiger partial charge in [-0.15, -0.1) is 0 Å². The maximum absolute atomic E-state index is 13.4. The van der Waals surface area contributed by atoms with Crippen LogP contribution in [-0.4, -0.2) is 33.6 Å². The molecule has 0 saturated carbocycles. The highest BCUT2D eigenvalue weighted by Gasteiger charge is 2.16. The van der Waals surface area contributed by atoms with Gasteiger partial charge in [0.05, 0.1) is 29.3 Å². The summed E-state index contributed by atoms with van der Waals surface area (Å²) in [5.41, 5.74) is 1.95. The van der Waals surface area contributed by atoms with Gasteiger partial charge in [-0.05, 0) is 77.3 Å². The number of carbonyl (C=O) groups is 1. The number of ether oxygens (including phenoxy) is 2. The van der Waals surface area contributed by atoms with E-state index in [4.69, 9.17) is 14.5 Å². The predicted molar refractivity (Wildman–Crippen MR) is 158 cm³/mol. The van der Waals surface area contributed by atoms with Crippen LogP contribution in [0.15, 0.2) is 73.4 Å². The zero-order valence-electron chi connectivity index (χ0n) is 21.6. The molecule has 0 bridgehead atoms. The number of aromatic carboxylic acids is 1. The molecule has 10 heteroatoms. The Bertz CT molecular complexity index is 1620. The molecule has 0 saturated heterocycles. The number of aromatic nitrogens is 2. The third kappa shape index (κ3) is 6.57. The molecule has 3 aromatic carbocycles. The molecule has 0 aliphatic rings. The minimum Gasteiger partial charge on any atom is -0.490 e. The molecule has 0 amide bonds. The van der Waals surface area contributed by atoms with Crippen LogP contribution < -0.4 is 15.0 Å². The molecule has 1 atom stereocenters. The van der Waals surface area contributed by atoms with E-state index >= 15 is 0 Å². The average molecular weight is 657 g/mol. The second-order valence-electron chi connectivity index (χ2n) is 8.85. The van der Waals surface area contributed by atoms with Gasteiger partial charge in [0.2, 0.25) is 0 Å². The molecule has 0 radical (unpaired) electrons. The highest BCUT2D eigenvalue weighted by molar-refractivity contribution is 9.10. The maximum Gasteiger partial charge on any atom is 0.335 e. The van der Waals surface area contributed by atoms with Crippen molar-refractivity contribution in [2.45, 2.75) is 39.7 Å². The fourth-order valence-corrected chi connectivity index (χ4v) is 4.67. The number of rotatable bonds is 10. The molecule has 1 heterocycles. The van der Waals surface area contributed by atoms with E-state index in [0.29, 0.717) is 50.4 Å². The molecule has 4 aromatic rings. The van der Waals surface area contributed by atoms with Crippen LogP contribution in [0.3, 0.4) is 0 Å². The van der Waals surface area contributed by atoms with Crippen molar-refractivity contribution in [1.29, 1.82) is 0 Å². The Balaban J connectivity index is 1.70. The fourth-order valence-electron chi connectivity index (χ4n) is 3.89. The summed E-state index contributed by atoms with van der Waals surface area (Å²) < 4.78 is 14.6. The van der Waals surface area contributed by atoms with E-state index in [1.165, 1.54) is 10.7 Å². The van der Waals surface area contributed by atoms with Crippen molar-refractivity contribution in [3.05, 3.63) is 96.4 Å². The number of carboxylic acids is 1. The van der Waals surface area contributed by atoms with Crippen molar-refractivity contribution < 1.29 is 19.4 Å². The Kier molecular flexibility index (Phi) is 9.19. The van der Waals surface area contributed by atoms with Gasteiger partial charge in [-0.2, -0.15) is 9.78 Å². The summed E-state index contributed by atoms with van der Waals surface area (Å²) in [6, 6.07) is 15.6. The Hall–Kier alpha value is -3.50. The molecule has 39 heavy (non-hydrogen) atoms. The van der Waals surface area contributed by atoms with Crippen LogP contribution in [0, 0.1) is 0 Å². The Morgan fingerprint density at radius 1 is 1.10 bits per heavy atom. The number of hydrogen-bond donors (Lipinski definition) is 1. The Labute approximate surface area is 242 Å². The van der Waals surface area contributed by atoms with E-state index in [9.17, 15) is 14.7 Å². The van der Waals surface area contributed by atoms with Crippen LogP contribution >= 0.6 is 31.9 Å². The van der Waals surface area contributed by atoms with Gasteiger partial charge in [0, 0.05) is 20.4 Å². The fraction of sp³-hybridized carbons (Fsp3) is 0.241. The van der Waals surface area contributed by atoms with E-state index in [-0.39, 0.29) is 23.6 Å². The summed E-state index contributed by atoms with van der Waals surface area (Å²) >= 11 is 7.01. The van der Waals surface area contributed by atoms with Gasteiger partial charge < -0.3 is 14.6 Å². The smallest absolute Gasteiger partial charge is 0.335 e. The highest BCUT2D eigenvalue weighted by atomic mass is 79.9. The summed E-state index contributed by atoms with van der Waals surface area (Å²) in [7, 11) is 0. The van der Waals surface area contributed by atoms with Gasteiger partial charge >= 0.3 is 5.97 Å². The lowest BCUT2D eigenvalue weighted by molar-refractivity contribution is 0.0696. The van der Waals surface area contributed by atoms with Crippen molar-refractivity contribution in [3.8, 4) is 11.5 Å². The second kappa shape index (κ2) is 12.6. The highest BCUT2D eigenvalue weighted by Crippen LogP contribution is 2.34. The molecule has 0 unspecified atom stereocenters. The number of fused-ring (bicyclic) bond motifs is 1. The number of carboxylic acid groups (broad SMARTS) is 1. The molecule has 202 valence electrons. The van der Waals surface area contributed by atoms with E-state index in [1.54, 1.807) is 42.6 Å². The average Bonchev–Trinajstić information content (AvgIpc) is 2.93. The number of hydrogen-bond acceptors (Lipinski definition) is 6. The zero-order valence-corrected chi connectivity index (χ0v) is 24.8. The zero-order chi connectivity index (χ0) is 28.1. The molecule has 0 spiro atoms. The first-order valence-corrected chi connectivity index (χ1v) is 14.0. The molecule has 0 fully saturated rings. The van der Waals surface area contributed by atoms with Crippen molar-refractivity contribution in [2.24, 2.45) is 5.10 Å².